The van der Waals surface area contributed by atoms with E-state index in [2.05, 4.69) is 0 Å². The molecule has 0 aromatic heterocycles. The van der Waals surface area contributed by atoms with Crippen molar-refractivity contribution in [3.05, 3.63) is 0 Å². The number of hydrogen-bond acceptors (Lipinski definition) is 15. The molecule has 1 saturated heterocycles. The largest absolute Gasteiger partial charge is 0.463 e. The minimum atomic E-state index is -1.98. The first-order valence-electron chi connectivity index (χ1n) is 20.8. The molecule has 9 atom stereocenters. The van der Waals surface area contributed by atoms with Crippen LogP contribution < -0.4 is 0 Å². The third-order valence-electron chi connectivity index (χ3n) is 9.50. The van der Waals surface area contributed by atoms with Gasteiger partial charge in [-0.05, 0) is 25.7 Å². The van der Waals surface area contributed by atoms with E-state index in [-0.39, 0.29) is 25.7 Å². The number of esters is 4. The summed E-state index contributed by atoms with van der Waals surface area (Å²) in [5.41, 5.74) is 0. The number of carbonyl (C=O) groups excluding carboxylic acids is 4. The Labute approximate surface area is 327 Å². The molecule has 0 saturated carbocycles. The molecule has 0 aromatic rings. The van der Waals surface area contributed by atoms with Gasteiger partial charge in [0.2, 0.25) is 0 Å². The Morgan fingerprint density at radius 1 is 0.527 bits per heavy atom. The smallest absolute Gasteiger partial charge is 0.306 e. The van der Waals surface area contributed by atoms with Crippen LogP contribution in [0.3, 0.4) is 0 Å². The molecule has 15 heteroatoms. The van der Waals surface area contributed by atoms with Crippen LogP contribution in [0.5, 0.6) is 0 Å². The van der Waals surface area contributed by atoms with Crippen molar-refractivity contribution in [3.63, 3.8) is 0 Å². The van der Waals surface area contributed by atoms with Crippen LogP contribution in [0.4, 0.5) is 0 Å². The van der Waals surface area contributed by atoms with Gasteiger partial charge in [-0.2, -0.15) is 0 Å². The quantitative estimate of drug-likeness (QED) is 0.0363. The third kappa shape index (κ3) is 21.1. The summed E-state index contributed by atoms with van der Waals surface area (Å²) in [5.74, 6) is -2.48. The lowest BCUT2D eigenvalue weighted by atomic mass is 9.97. The number of aliphatic hydroxyl groups excluding tert-OH is 5. The molecule has 0 amide bonds. The molecule has 55 heavy (non-hydrogen) atoms. The van der Waals surface area contributed by atoms with Crippen molar-refractivity contribution in [1.29, 1.82) is 0 Å². The molecule has 0 bridgehead atoms. The Kier molecular flexibility index (Phi) is 28.3. The van der Waals surface area contributed by atoms with Gasteiger partial charge < -0.3 is 54.0 Å². The number of rotatable bonds is 32. The van der Waals surface area contributed by atoms with Crippen molar-refractivity contribution in [2.45, 2.75) is 211 Å². The molecule has 0 spiro atoms. The van der Waals surface area contributed by atoms with Crippen molar-refractivity contribution in [3.8, 4) is 0 Å². The molecule has 1 heterocycles. The lowest BCUT2D eigenvalue weighted by Crippen LogP contribution is -2.63. The lowest BCUT2D eigenvalue weighted by Gasteiger charge is -2.44. The number of carbonyl (C=O) groups is 4. The lowest BCUT2D eigenvalue weighted by molar-refractivity contribution is -0.313. The number of aliphatic hydroxyl groups is 5. The first kappa shape index (κ1) is 50.6. The van der Waals surface area contributed by atoms with E-state index >= 15 is 0 Å². The molecular formula is C40H72O15. The molecule has 1 aliphatic rings. The van der Waals surface area contributed by atoms with E-state index in [9.17, 15) is 44.7 Å². The molecule has 0 radical (unpaired) electrons. The zero-order valence-corrected chi connectivity index (χ0v) is 33.8. The second kappa shape index (κ2) is 30.7. The van der Waals surface area contributed by atoms with Gasteiger partial charge in [-0.3, -0.25) is 19.2 Å². The second-order valence-corrected chi connectivity index (χ2v) is 14.5. The molecule has 15 nitrogen and oxygen atoms in total. The average molecular weight is 793 g/mol. The molecule has 5 N–H and O–H groups in total. The molecule has 1 rings (SSSR count). The summed E-state index contributed by atoms with van der Waals surface area (Å²) in [6, 6.07) is 0. The molecule has 1 fully saturated rings. The molecule has 0 aromatic carbocycles. The van der Waals surface area contributed by atoms with Crippen molar-refractivity contribution in [1.82, 2.24) is 0 Å². The fourth-order valence-electron chi connectivity index (χ4n) is 6.07. The maximum absolute atomic E-state index is 13.4. The fourth-order valence-corrected chi connectivity index (χ4v) is 6.07. The Bertz CT molecular complexity index is 1040. The van der Waals surface area contributed by atoms with Gasteiger partial charge in [0.15, 0.2) is 24.6 Å². The fraction of sp³-hybridized carbons (Fsp3) is 0.900. The normalized spacial score (nSPS) is 21.9. The summed E-state index contributed by atoms with van der Waals surface area (Å²) in [5, 5.41) is 50.3. The van der Waals surface area contributed by atoms with E-state index in [1.807, 2.05) is 27.7 Å². The minimum Gasteiger partial charge on any atom is -0.463 e. The van der Waals surface area contributed by atoms with Gasteiger partial charge in [-0.1, -0.05) is 105 Å². The Hall–Kier alpha value is -2.40. The SMILES string of the molecule is CCCCCCC(=O)OC[C@H]1O[C@@H](OC[C@@H](O)[C@@H](O)[C@H](O)[C@H](O)CO)[C@@H](OC(=O)CCCCCC)[C@@H](OC(=O)CCCCCC)[C@@H]1OC(=O)CCCCCC. The topological polar surface area (TPSA) is 225 Å². The number of hydrogen-bond donors (Lipinski definition) is 5. The van der Waals surface area contributed by atoms with E-state index < -0.39 is 98.8 Å². The van der Waals surface area contributed by atoms with E-state index in [1.54, 1.807) is 0 Å². The second-order valence-electron chi connectivity index (χ2n) is 14.5. The minimum absolute atomic E-state index is 0.00837. The first-order chi connectivity index (χ1) is 26.4. The van der Waals surface area contributed by atoms with Crippen molar-refractivity contribution < 1.29 is 73.1 Å². The van der Waals surface area contributed by atoms with E-state index in [0.717, 1.165) is 77.0 Å². The standard InChI is InChI=1S/C40H72O15/c1-5-9-13-17-21-31(44)50-27-30-37(53-32(45)22-18-14-10-6-2)38(54-33(46)23-19-15-11-7-3)39(55-34(47)24-20-16-12-8-4)40(52-30)51-26-29(43)36(49)35(48)28(42)25-41/h28-30,35-43,48-49H,5-27H2,1-4H3/t28-,29-,30-,35-,36-,37-,38+,39+,40-/m1/s1. The highest BCUT2D eigenvalue weighted by Crippen LogP contribution is 2.31. The van der Waals surface area contributed by atoms with Gasteiger partial charge in [0.25, 0.3) is 0 Å². The van der Waals surface area contributed by atoms with Gasteiger partial charge in [0.1, 0.15) is 37.1 Å². The van der Waals surface area contributed by atoms with Gasteiger partial charge in [-0.15, -0.1) is 0 Å². The van der Waals surface area contributed by atoms with Crippen LogP contribution in [0.25, 0.3) is 0 Å². The van der Waals surface area contributed by atoms with Crippen LogP contribution >= 0.6 is 0 Å². The highest BCUT2D eigenvalue weighted by molar-refractivity contribution is 5.72. The summed E-state index contributed by atoms with van der Waals surface area (Å²) in [7, 11) is 0. The maximum Gasteiger partial charge on any atom is 0.306 e. The zero-order chi connectivity index (χ0) is 41.0. The van der Waals surface area contributed by atoms with Crippen LogP contribution in [0.2, 0.25) is 0 Å². The molecule has 0 unspecified atom stereocenters. The van der Waals surface area contributed by atoms with Crippen molar-refractivity contribution in [2.24, 2.45) is 0 Å². The Morgan fingerprint density at radius 3 is 1.36 bits per heavy atom. The highest BCUT2D eigenvalue weighted by Gasteiger charge is 2.53. The van der Waals surface area contributed by atoms with Crippen LogP contribution in [-0.2, 0) is 47.6 Å². The van der Waals surface area contributed by atoms with Gasteiger partial charge >= 0.3 is 23.9 Å². The predicted molar refractivity (Wildman–Crippen MR) is 201 cm³/mol. The highest BCUT2D eigenvalue weighted by atomic mass is 16.7. The maximum atomic E-state index is 13.4. The van der Waals surface area contributed by atoms with Crippen molar-refractivity contribution >= 4 is 23.9 Å². The van der Waals surface area contributed by atoms with E-state index in [1.165, 1.54) is 0 Å². The Balaban J connectivity index is 3.57. The summed E-state index contributed by atoms with van der Waals surface area (Å²) in [4.78, 5) is 52.8. The molecule has 0 aliphatic carbocycles. The summed E-state index contributed by atoms with van der Waals surface area (Å²) in [6.45, 7) is 6.06. The third-order valence-corrected chi connectivity index (χ3v) is 9.50. The number of unbranched alkanes of at least 4 members (excludes halogenated alkanes) is 12. The van der Waals surface area contributed by atoms with Crippen LogP contribution in [0.1, 0.15) is 156 Å². The van der Waals surface area contributed by atoms with Gasteiger partial charge in [0.05, 0.1) is 13.2 Å². The summed E-state index contributed by atoms with van der Waals surface area (Å²) >= 11 is 0. The van der Waals surface area contributed by atoms with E-state index in [0.29, 0.717) is 25.7 Å². The average Bonchev–Trinajstić information content (AvgIpc) is 3.17. The molecule has 322 valence electrons. The number of ether oxygens (including phenoxy) is 6. The predicted octanol–water partition coefficient (Wildman–Crippen LogP) is 4.32. The summed E-state index contributed by atoms with van der Waals surface area (Å²) < 4.78 is 35.4. The molecule has 1 aliphatic heterocycles. The Morgan fingerprint density at radius 2 is 0.927 bits per heavy atom. The van der Waals surface area contributed by atoms with Crippen LogP contribution in [0, 0.1) is 0 Å². The van der Waals surface area contributed by atoms with Gasteiger partial charge in [0, 0.05) is 25.7 Å². The zero-order valence-electron chi connectivity index (χ0n) is 33.8. The summed E-state index contributed by atoms with van der Waals surface area (Å²) in [6.07, 6.45) is -1.87. The van der Waals surface area contributed by atoms with Crippen LogP contribution in [-0.4, -0.2) is 124 Å². The monoisotopic (exact) mass is 792 g/mol. The van der Waals surface area contributed by atoms with E-state index in [4.69, 9.17) is 28.4 Å². The first-order valence-corrected chi connectivity index (χ1v) is 20.8. The van der Waals surface area contributed by atoms with Crippen LogP contribution in [0.15, 0.2) is 0 Å². The molecular weight excluding hydrogens is 720 g/mol. The van der Waals surface area contributed by atoms with Crippen molar-refractivity contribution in [2.75, 3.05) is 19.8 Å². The van der Waals surface area contributed by atoms with Gasteiger partial charge in [-0.25, -0.2) is 0 Å².